The Labute approximate surface area is 178 Å². The molecule has 154 valence electrons. The number of hydroxylamine groups is 1. The summed E-state index contributed by atoms with van der Waals surface area (Å²) < 4.78 is 5.52. The molecule has 0 radical (unpaired) electrons. The molecule has 0 atom stereocenters. The van der Waals surface area contributed by atoms with Crippen molar-refractivity contribution in [2.24, 2.45) is 0 Å². The van der Waals surface area contributed by atoms with E-state index in [4.69, 9.17) is 14.6 Å². The Morgan fingerprint density at radius 2 is 1.84 bits per heavy atom. The molecule has 0 spiro atoms. The number of aromatic amines is 1. The number of amides is 1. The van der Waals surface area contributed by atoms with Gasteiger partial charge < -0.3 is 15.0 Å². The van der Waals surface area contributed by atoms with Crippen molar-refractivity contribution in [3.63, 3.8) is 0 Å². The van der Waals surface area contributed by atoms with Gasteiger partial charge in [0.2, 0.25) is 0 Å². The number of hydrogen-bond donors (Lipinski definition) is 3. The van der Waals surface area contributed by atoms with Gasteiger partial charge in [0.25, 0.3) is 5.91 Å². The highest BCUT2D eigenvalue weighted by atomic mass is 16.6. The first-order chi connectivity index (χ1) is 15.2. The predicted molar refractivity (Wildman–Crippen MR) is 121 cm³/mol. The number of H-pyrrole nitrogens is 1. The van der Waals surface area contributed by atoms with Crippen molar-refractivity contribution < 1.29 is 14.4 Å². The lowest BCUT2D eigenvalue weighted by molar-refractivity contribution is 0.0537. The fourth-order valence-corrected chi connectivity index (χ4v) is 3.80. The van der Waals surface area contributed by atoms with Gasteiger partial charge in [-0.25, -0.2) is 10.5 Å². The number of hydrogen-bond acceptors (Lipinski definition) is 5. The van der Waals surface area contributed by atoms with Crippen molar-refractivity contribution in [1.29, 1.82) is 0 Å². The summed E-state index contributed by atoms with van der Waals surface area (Å²) >= 11 is 0. The minimum Gasteiger partial charge on any atom is -0.495 e. The van der Waals surface area contributed by atoms with Crippen LogP contribution >= 0.6 is 0 Å². The molecule has 7 nitrogen and oxygen atoms in total. The smallest absolute Gasteiger partial charge is 0.274 e. The van der Waals surface area contributed by atoms with Crippen molar-refractivity contribution in [1.82, 2.24) is 15.4 Å². The summed E-state index contributed by atoms with van der Waals surface area (Å²) in [7, 11) is 2.96. The lowest BCUT2D eigenvalue weighted by Crippen LogP contribution is -2.21. The molecule has 7 heteroatoms. The van der Waals surface area contributed by atoms with E-state index >= 15 is 0 Å². The molecule has 0 saturated heterocycles. The van der Waals surface area contributed by atoms with E-state index in [9.17, 15) is 4.79 Å². The molecule has 0 fully saturated rings. The summed E-state index contributed by atoms with van der Waals surface area (Å²) in [5, 5.41) is 5.55. The van der Waals surface area contributed by atoms with Crippen LogP contribution in [0.5, 0.6) is 5.75 Å². The maximum atomic E-state index is 12.1. The maximum absolute atomic E-state index is 12.1. The van der Waals surface area contributed by atoms with E-state index in [0.29, 0.717) is 11.3 Å². The Hall–Kier alpha value is -4.10. The second-order valence-electron chi connectivity index (χ2n) is 7.10. The number of aromatic nitrogens is 2. The van der Waals surface area contributed by atoms with Crippen LogP contribution < -0.4 is 15.5 Å². The average Bonchev–Trinajstić information content (AvgIpc) is 3.16. The van der Waals surface area contributed by atoms with Crippen LogP contribution in [0.25, 0.3) is 33.2 Å². The van der Waals surface area contributed by atoms with Crippen molar-refractivity contribution in [2.75, 3.05) is 19.5 Å². The third kappa shape index (κ3) is 3.31. The van der Waals surface area contributed by atoms with Crippen LogP contribution in [-0.2, 0) is 4.84 Å². The number of nitrogens with one attached hydrogen (secondary N) is 3. The van der Waals surface area contributed by atoms with E-state index in [0.717, 1.165) is 44.6 Å². The molecule has 2 aliphatic rings. The number of pyridine rings is 1. The number of benzene rings is 3. The number of ether oxygens (including phenoxy) is 1. The van der Waals surface area contributed by atoms with E-state index in [2.05, 4.69) is 34.0 Å². The summed E-state index contributed by atoms with van der Waals surface area (Å²) in [5.41, 5.74) is 8.17. The van der Waals surface area contributed by atoms with E-state index < -0.39 is 0 Å². The fourth-order valence-electron chi connectivity index (χ4n) is 3.80. The molecule has 31 heavy (non-hydrogen) atoms. The fraction of sp³-hybridized carbons (Fsp3) is 0.0833. The predicted octanol–water partition coefficient (Wildman–Crippen LogP) is 4.86. The highest BCUT2D eigenvalue weighted by molar-refractivity contribution is 6.07. The van der Waals surface area contributed by atoms with Gasteiger partial charge in [-0.3, -0.25) is 9.63 Å². The first-order valence-electron chi connectivity index (χ1n) is 9.76. The highest BCUT2D eigenvalue weighted by Gasteiger charge is 2.18. The van der Waals surface area contributed by atoms with Gasteiger partial charge in [-0.1, -0.05) is 24.3 Å². The number of methoxy groups -OCH3 is 1. The molecule has 0 bridgehead atoms. The SMILES string of the molecule is CONC(=O)c1ccc(Nc2cccc3nc4cc5ccccc5[nH]c-4c23)c(OC)c1. The summed E-state index contributed by atoms with van der Waals surface area (Å²) in [6.45, 7) is 0. The topological polar surface area (TPSA) is 88.3 Å². The molecule has 2 aliphatic heterocycles. The summed E-state index contributed by atoms with van der Waals surface area (Å²) in [5.74, 6) is 0.196. The van der Waals surface area contributed by atoms with Gasteiger partial charge in [-0.05, 0) is 42.5 Å². The normalized spacial score (nSPS) is 11.2. The van der Waals surface area contributed by atoms with Gasteiger partial charge in [0.05, 0.1) is 42.5 Å². The van der Waals surface area contributed by atoms with Crippen LogP contribution in [-0.4, -0.2) is 30.1 Å². The van der Waals surface area contributed by atoms with Crippen LogP contribution in [0.3, 0.4) is 0 Å². The first-order valence-corrected chi connectivity index (χ1v) is 9.76. The van der Waals surface area contributed by atoms with Crippen molar-refractivity contribution in [3.05, 3.63) is 72.3 Å². The number of para-hydroxylation sites is 1. The van der Waals surface area contributed by atoms with E-state index in [-0.39, 0.29) is 5.91 Å². The minimum atomic E-state index is -0.345. The Bertz CT molecular complexity index is 1390. The molecule has 5 rings (SSSR count). The maximum Gasteiger partial charge on any atom is 0.274 e. The number of anilines is 2. The minimum absolute atomic E-state index is 0.345. The van der Waals surface area contributed by atoms with E-state index in [1.165, 1.54) is 7.11 Å². The Morgan fingerprint density at radius 1 is 0.968 bits per heavy atom. The number of nitrogens with zero attached hydrogens (tertiary/aromatic N) is 1. The zero-order valence-corrected chi connectivity index (χ0v) is 17.0. The Balaban J connectivity index is 1.61. The zero-order valence-electron chi connectivity index (χ0n) is 17.0. The van der Waals surface area contributed by atoms with Crippen LogP contribution in [0, 0.1) is 0 Å². The molecule has 2 heterocycles. The quantitative estimate of drug-likeness (QED) is 0.359. The van der Waals surface area contributed by atoms with Gasteiger partial charge in [0, 0.05) is 21.9 Å². The second-order valence-corrected chi connectivity index (χ2v) is 7.10. The van der Waals surface area contributed by atoms with Gasteiger partial charge in [0.15, 0.2) is 0 Å². The standard InChI is InChI=1S/C24H20N4O3/c1-30-21-13-15(24(29)28-31-2)10-11-17(21)25-18-8-5-9-19-22(18)23-20(26-19)12-14-6-3-4-7-16(14)27-23/h3-13,25,27H,1-2H3,(H,28,29). The van der Waals surface area contributed by atoms with Gasteiger partial charge >= 0.3 is 0 Å². The molecule has 0 aromatic heterocycles. The van der Waals surface area contributed by atoms with Crippen LogP contribution in [0.4, 0.5) is 11.4 Å². The monoisotopic (exact) mass is 412 g/mol. The molecular weight excluding hydrogens is 392 g/mol. The molecule has 0 saturated carbocycles. The lowest BCUT2D eigenvalue weighted by atomic mass is 10.1. The largest absolute Gasteiger partial charge is 0.495 e. The lowest BCUT2D eigenvalue weighted by Gasteiger charge is -2.14. The molecule has 0 unspecified atom stereocenters. The number of fused-ring (bicyclic) bond motifs is 4. The molecular formula is C24H20N4O3. The Morgan fingerprint density at radius 3 is 2.68 bits per heavy atom. The van der Waals surface area contributed by atoms with Crippen molar-refractivity contribution in [2.45, 2.75) is 0 Å². The summed E-state index contributed by atoms with van der Waals surface area (Å²) in [6.07, 6.45) is 0. The molecule has 3 N–H and O–H groups in total. The first kappa shape index (κ1) is 18.9. The van der Waals surface area contributed by atoms with E-state index in [1.54, 1.807) is 25.3 Å². The highest BCUT2D eigenvalue weighted by Crippen LogP contribution is 2.39. The molecule has 3 aromatic rings. The van der Waals surface area contributed by atoms with E-state index in [1.807, 2.05) is 30.3 Å². The molecule has 3 aromatic carbocycles. The summed E-state index contributed by atoms with van der Waals surface area (Å²) in [6, 6.07) is 21.4. The second kappa shape index (κ2) is 7.62. The van der Waals surface area contributed by atoms with Crippen LogP contribution in [0.15, 0.2) is 66.7 Å². The van der Waals surface area contributed by atoms with Crippen molar-refractivity contribution >= 4 is 39.1 Å². The number of carbonyl (C=O) groups is 1. The molecule has 1 amide bonds. The number of rotatable bonds is 5. The Kier molecular flexibility index (Phi) is 4.65. The van der Waals surface area contributed by atoms with Crippen molar-refractivity contribution in [3.8, 4) is 17.1 Å². The van der Waals surface area contributed by atoms with Gasteiger partial charge in [-0.15, -0.1) is 0 Å². The number of carbonyl (C=O) groups excluding carboxylic acids is 1. The van der Waals surface area contributed by atoms with Crippen LogP contribution in [0.2, 0.25) is 0 Å². The molecule has 0 aliphatic carbocycles. The van der Waals surface area contributed by atoms with Crippen LogP contribution in [0.1, 0.15) is 10.4 Å². The third-order valence-corrected chi connectivity index (χ3v) is 5.23. The zero-order chi connectivity index (χ0) is 21.4. The van der Waals surface area contributed by atoms with Gasteiger partial charge in [0.1, 0.15) is 5.75 Å². The third-order valence-electron chi connectivity index (χ3n) is 5.23. The summed E-state index contributed by atoms with van der Waals surface area (Å²) in [4.78, 5) is 25.1. The average molecular weight is 412 g/mol. The van der Waals surface area contributed by atoms with Gasteiger partial charge in [-0.2, -0.15) is 0 Å².